The van der Waals surface area contributed by atoms with Gasteiger partial charge in [0.25, 0.3) is 0 Å². The van der Waals surface area contributed by atoms with Gasteiger partial charge in [-0.05, 0) is 34.5 Å². The molecular weight excluding hydrogens is 180 g/mol. The van der Waals surface area contributed by atoms with E-state index in [2.05, 4.69) is 44.2 Å². The van der Waals surface area contributed by atoms with E-state index in [0.717, 1.165) is 5.92 Å². The van der Waals surface area contributed by atoms with Crippen LogP contribution in [0.4, 0.5) is 0 Å². The van der Waals surface area contributed by atoms with Gasteiger partial charge in [-0.2, -0.15) is 0 Å². The highest BCUT2D eigenvalue weighted by Gasteiger charge is 2.50. The van der Waals surface area contributed by atoms with Crippen LogP contribution in [0.2, 0.25) is 0 Å². The SMILES string of the molecule is CC1(C)C2=CC3CC=C2C2C=CC3=CC21. The molecule has 4 aliphatic carbocycles. The molecule has 0 aromatic carbocycles. The second-order valence-electron chi connectivity index (χ2n) is 5.88. The molecule has 0 heterocycles. The molecule has 0 radical (unpaired) electrons. The average Bonchev–Trinajstić information content (AvgIpc) is 2.40. The van der Waals surface area contributed by atoms with Gasteiger partial charge in [-0.15, -0.1) is 0 Å². The number of hydrogen-bond acceptors (Lipinski definition) is 0. The van der Waals surface area contributed by atoms with Crippen LogP contribution in [0.25, 0.3) is 0 Å². The zero-order chi connectivity index (χ0) is 10.2. The van der Waals surface area contributed by atoms with Crippen LogP contribution in [-0.2, 0) is 0 Å². The Morgan fingerprint density at radius 1 is 1.27 bits per heavy atom. The Hall–Kier alpha value is -1.04. The molecule has 0 aromatic rings. The molecule has 4 rings (SSSR count). The number of hydrogen-bond donors (Lipinski definition) is 0. The summed E-state index contributed by atoms with van der Waals surface area (Å²) in [6.07, 6.45) is 13.6. The second-order valence-corrected chi connectivity index (χ2v) is 5.88. The summed E-state index contributed by atoms with van der Waals surface area (Å²) in [4.78, 5) is 0. The molecule has 15 heavy (non-hydrogen) atoms. The molecule has 0 heteroatoms. The van der Waals surface area contributed by atoms with Crippen molar-refractivity contribution in [3.8, 4) is 0 Å². The lowest BCUT2D eigenvalue weighted by atomic mass is 9.74. The summed E-state index contributed by atoms with van der Waals surface area (Å²) in [5, 5.41) is 0. The summed E-state index contributed by atoms with van der Waals surface area (Å²) in [6.45, 7) is 4.83. The van der Waals surface area contributed by atoms with Crippen molar-refractivity contribution >= 4 is 0 Å². The molecular formula is C15H16. The van der Waals surface area contributed by atoms with Gasteiger partial charge in [0.1, 0.15) is 0 Å². The molecule has 4 bridgehead atoms. The van der Waals surface area contributed by atoms with Crippen molar-refractivity contribution in [1.29, 1.82) is 0 Å². The van der Waals surface area contributed by atoms with Crippen molar-refractivity contribution < 1.29 is 0 Å². The van der Waals surface area contributed by atoms with Crippen LogP contribution in [0, 0.1) is 23.2 Å². The van der Waals surface area contributed by atoms with Crippen LogP contribution >= 0.6 is 0 Å². The molecule has 0 saturated heterocycles. The molecule has 0 nitrogen and oxygen atoms in total. The van der Waals surface area contributed by atoms with Gasteiger partial charge in [-0.3, -0.25) is 0 Å². The Kier molecular flexibility index (Phi) is 1.20. The van der Waals surface area contributed by atoms with Crippen LogP contribution < -0.4 is 0 Å². The van der Waals surface area contributed by atoms with Gasteiger partial charge < -0.3 is 0 Å². The molecule has 3 unspecified atom stereocenters. The fourth-order valence-corrected chi connectivity index (χ4v) is 3.95. The molecule has 3 atom stereocenters. The topological polar surface area (TPSA) is 0 Å². The lowest BCUT2D eigenvalue weighted by molar-refractivity contribution is 0.333. The summed E-state index contributed by atoms with van der Waals surface area (Å²) in [5.74, 6) is 2.07. The zero-order valence-corrected chi connectivity index (χ0v) is 9.33. The zero-order valence-electron chi connectivity index (χ0n) is 9.33. The normalized spacial score (nSPS) is 42.5. The van der Waals surface area contributed by atoms with E-state index in [0.29, 0.717) is 17.3 Å². The summed E-state index contributed by atoms with van der Waals surface area (Å²) in [5.41, 5.74) is 5.20. The van der Waals surface area contributed by atoms with E-state index in [1.807, 2.05) is 0 Å². The summed E-state index contributed by atoms with van der Waals surface area (Å²) in [6, 6.07) is 0. The Labute approximate surface area is 91.1 Å². The maximum atomic E-state index is 2.55. The van der Waals surface area contributed by atoms with Crippen molar-refractivity contribution in [2.75, 3.05) is 0 Å². The first-order chi connectivity index (χ1) is 7.18. The summed E-state index contributed by atoms with van der Waals surface area (Å²) >= 11 is 0. The van der Waals surface area contributed by atoms with Gasteiger partial charge in [-0.25, -0.2) is 0 Å². The van der Waals surface area contributed by atoms with Gasteiger partial charge >= 0.3 is 0 Å². The van der Waals surface area contributed by atoms with Crippen molar-refractivity contribution in [2.45, 2.75) is 20.3 Å². The maximum absolute atomic E-state index is 2.55. The third-order valence-electron chi connectivity index (χ3n) is 4.84. The first-order valence-electron chi connectivity index (χ1n) is 6.00. The average molecular weight is 196 g/mol. The lowest BCUT2D eigenvalue weighted by Crippen LogP contribution is -2.21. The summed E-state index contributed by atoms with van der Waals surface area (Å²) < 4.78 is 0. The Balaban J connectivity index is 2.09. The van der Waals surface area contributed by atoms with Crippen molar-refractivity contribution in [1.82, 2.24) is 0 Å². The molecule has 4 aliphatic rings. The lowest BCUT2D eigenvalue weighted by Gasteiger charge is -2.29. The van der Waals surface area contributed by atoms with Gasteiger partial charge in [-0.1, -0.05) is 44.2 Å². The van der Waals surface area contributed by atoms with Gasteiger partial charge in [0.2, 0.25) is 0 Å². The fourth-order valence-electron chi connectivity index (χ4n) is 3.95. The molecule has 0 spiro atoms. The van der Waals surface area contributed by atoms with Crippen LogP contribution in [0.3, 0.4) is 0 Å². The van der Waals surface area contributed by atoms with E-state index in [9.17, 15) is 0 Å². The third kappa shape index (κ3) is 0.770. The highest BCUT2D eigenvalue weighted by Crippen LogP contribution is 2.60. The van der Waals surface area contributed by atoms with Crippen molar-refractivity contribution in [3.05, 3.63) is 47.1 Å². The van der Waals surface area contributed by atoms with Gasteiger partial charge in [0.05, 0.1) is 0 Å². The molecule has 0 aromatic heterocycles. The fraction of sp³-hybridized carbons (Fsp3) is 0.467. The van der Waals surface area contributed by atoms with Crippen LogP contribution in [0.1, 0.15) is 20.3 Å². The van der Waals surface area contributed by atoms with Gasteiger partial charge in [0.15, 0.2) is 0 Å². The number of rotatable bonds is 0. The minimum absolute atomic E-state index is 0.363. The number of fused-ring (bicyclic) bond motifs is 3. The van der Waals surface area contributed by atoms with Crippen LogP contribution in [-0.4, -0.2) is 0 Å². The Morgan fingerprint density at radius 3 is 3.00 bits per heavy atom. The smallest absolute Gasteiger partial charge is 0.00922 e. The third-order valence-corrected chi connectivity index (χ3v) is 4.84. The molecule has 0 amide bonds. The van der Waals surface area contributed by atoms with E-state index in [4.69, 9.17) is 0 Å². The van der Waals surface area contributed by atoms with Crippen LogP contribution in [0.5, 0.6) is 0 Å². The molecule has 1 saturated carbocycles. The summed E-state index contributed by atoms with van der Waals surface area (Å²) in [7, 11) is 0. The Bertz CT molecular complexity index is 468. The highest BCUT2D eigenvalue weighted by molar-refractivity contribution is 5.57. The van der Waals surface area contributed by atoms with E-state index in [-0.39, 0.29) is 0 Å². The van der Waals surface area contributed by atoms with E-state index < -0.39 is 0 Å². The minimum Gasteiger partial charge on any atom is -0.0795 e. The standard InChI is InChI=1S/C15H16/c1-15(2)13-7-9-3-5-11(13)12-6-4-10(9)8-14(12)15/h3,5-8,10-11,13H,4H2,1-2H3. The maximum Gasteiger partial charge on any atom is 0.00922 e. The first kappa shape index (κ1) is 8.15. The van der Waals surface area contributed by atoms with E-state index in [1.165, 1.54) is 6.42 Å². The quantitative estimate of drug-likeness (QED) is 0.555. The van der Waals surface area contributed by atoms with Gasteiger partial charge in [0, 0.05) is 11.8 Å². The van der Waals surface area contributed by atoms with Crippen molar-refractivity contribution in [2.24, 2.45) is 23.2 Å². The van der Waals surface area contributed by atoms with Crippen LogP contribution in [0.15, 0.2) is 47.1 Å². The van der Waals surface area contributed by atoms with E-state index >= 15 is 0 Å². The predicted molar refractivity (Wildman–Crippen MR) is 62.3 cm³/mol. The molecule has 1 fully saturated rings. The largest absolute Gasteiger partial charge is 0.0795 e. The van der Waals surface area contributed by atoms with E-state index in [1.54, 1.807) is 16.7 Å². The molecule has 0 aliphatic heterocycles. The first-order valence-corrected chi connectivity index (χ1v) is 6.00. The monoisotopic (exact) mass is 196 g/mol. The molecule has 0 N–H and O–H groups in total. The van der Waals surface area contributed by atoms with Crippen molar-refractivity contribution in [3.63, 3.8) is 0 Å². The number of allylic oxidation sites excluding steroid dienone is 8. The Morgan fingerprint density at radius 2 is 2.13 bits per heavy atom. The molecule has 76 valence electrons. The predicted octanol–water partition coefficient (Wildman–Crippen LogP) is 3.64. The highest BCUT2D eigenvalue weighted by atomic mass is 14.5. The second kappa shape index (κ2) is 2.21. The minimum atomic E-state index is 0.363.